The second-order valence-electron chi connectivity index (χ2n) is 3.34. The Morgan fingerprint density at radius 3 is 2.20 bits per heavy atom. The molecular formula is C8H19NO. The second-order valence-corrected chi connectivity index (χ2v) is 3.34. The topological polar surface area (TPSA) is 32.3 Å². The molecule has 1 atom stereocenters. The third kappa shape index (κ3) is 6.05. The first-order chi connectivity index (χ1) is 4.66. The molecule has 0 unspecified atom stereocenters. The van der Waals surface area contributed by atoms with E-state index in [-0.39, 0.29) is 6.61 Å². The second kappa shape index (κ2) is 5.69. The van der Waals surface area contributed by atoms with E-state index in [0.29, 0.717) is 11.8 Å². The SMILES string of the molecule is CC(C)CNC[C@H](C)CO. The van der Waals surface area contributed by atoms with E-state index in [1.54, 1.807) is 0 Å². The Kier molecular flexibility index (Phi) is 5.64. The maximum Gasteiger partial charge on any atom is 0.0468 e. The normalized spacial score (nSPS) is 14.1. The van der Waals surface area contributed by atoms with Crippen LogP contribution in [0.2, 0.25) is 0 Å². The molecule has 0 aromatic rings. The van der Waals surface area contributed by atoms with Gasteiger partial charge in [-0.1, -0.05) is 20.8 Å². The van der Waals surface area contributed by atoms with Crippen LogP contribution in [0, 0.1) is 11.8 Å². The fraction of sp³-hybridized carbons (Fsp3) is 1.00. The monoisotopic (exact) mass is 145 g/mol. The van der Waals surface area contributed by atoms with E-state index in [2.05, 4.69) is 19.2 Å². The molecule has 2 N–H and O–H groups in total. The lowest BCUT2D eigenvalue weighted by atomic mass is 10.2. The van der Waals surface area contributed by atoms with Crippen LogP contribution in [-0.4, -0.2) is 24.8 Å². The molecule has 10 heavy (non-hydrogen) atoms. The van der Waals surface area contributed by atoms with Crippen molar-refractivity contribution in [3.8, 4) is 0 Å². The summed E-state index contributed by atoms with van der Waals surface area (Å²) in [4.78, 5) is 0. The molecule has 0 aromatic carbocycles. The summed E-state index contributed by atoms with van der Waals surface area (Å²) >= 11 is 0. The van der Waals surface area contributed by atoms with Gasteiger partial charge in [0, 0.05) is 6.61 Å². The van der Waals surface area contributed by atoms with Gasteiger partial charge in [-0.3, -0.25) is 0 Å². The molecule has 62 valence electrons. The summed E-state index contributed by atoms with van der Waals surface area (Å²) in [5.41, 5.74) is 0. The van der Waals surface area contributed by atoms with Crippen molar-refractivity contribution >= 4 is 0 Å². The first-order valence-corrected chi connectivity index (χ1v) is 3.98. The third-order valence-electron chi connectivity index (χ3n) is 1.36. The highest BCUT2D eigenvalue weighted by molar-refractivity contribution is 4.56. The minimum atomic E-state index is 0.283. The van der Waals surface area contributed by atoms with Gasteiger partial charge >= 0.3 is 0 Å². The van der Waals surface area contributed by atoms with Crippen LogP contribution in [0.15, 0.2) is 0 Å². The number of aliphatic hydroxyl groups is 1. The molecule has 0 fully saturated rings. The van der Waals surface area contributed by atoms with Crippen LogP contribution in [0.25, 0.3) is 0 Å². The van der Waals surface area contributed by atoms with Crippen LogP contribution in [0.1, 0.15) is 20.8 Å². The molecule has 0 aliphatic heterocycles. The highest BCUT2D eigenvalue weighted by atomic mass is 16.3. The van der Waals surface area contributed by atoms with Gasteiger partial charge in [0.15, 0.2) is 0 Å². The van der Waals surface area contributed by atoms with Gasteiger partial charge in [-0.25, -0.2) is 0 Å². The van der Waals surface area contributed by atoms with Gasteiger partial charge in [0.1, 0.15) is 0 Å². The number of rotatable bonds is 5. The lowest BCUT2D eigenvalue weighted by Gasteiger charge is -2.10. The molecule has 2 nitrogen and oxygen atoms in total. The highest BCUT2D eigenvalue weighted by Crippen LogP contribution is 1.91. The van der Waals surface area contributed by atoms with Gasteiger partial charge in [0.2, 0.25) is 0 Å². The van der Waals surface area contributed by atoms with Crippen LogP contribution in [0.4, 0.5) is 0 Å². The molecule has 0 saturated carbocycles. The summed E-state index contributed by atoms with van der Waals surface area (Å²) in [7, 11) is 0. The maximum absolute atomic E-state index is 8.66. The zero-order valence-electron chi connectivity index (χ0n) is 7.22. The van der Waals surface area contributed by atoms with Crippen LogP contribution in [0.3, 0.4) is 0 Å². The Hall–Kier alpha value is -0.0800. The summed E-state index contributed by atoms with van der Waals surface area (Å²) in [6, 6.07) is 0. The van der Waals surface area contributed by atoms with Crippen molar-refractivity contribution in [1.29, 1.82) is 0 Å². The van der Waals surface area contributed by atoms with E-state index in [0.717, 1.165) is 13.1 Å². The van der Waals surface area contributed by atoms with E-state index in [9.17, 15) is 0 Å². The lowest BCUT2D eigenvalue weighted by Crippen LogP contribution is -2.26. The average Bonchev–Trinajstić information content (AvgIpc) is 1.87. The zero-order valence-corrected chi connectivity index (χ0v) is 7.22. The van der Waals surface area contributed by atoms with Crippen molar-refractivity contribution in [1.82, 2.24) is 5.32 Å². The molecule has 0 radical (unpaired) electrons. The first-order valence-electron chi connectivity index (χ1n) is 3.98. The largest absolute Gasteiger partial charge is 0.396 e. The number of hydrogen-bond donors (Lipinski definition) is 2. The number of hydrogen-bond acceptors (Lipinski definition) is 2. The molecule has 0 bridgehead atoms. The summed E-state index contributed by atoms with van der Waals surface area (Å²) in [5.74, 6) is 1.09. The third-order valence-corrected chi connectivity index (χ3v) is 1.36. The van der Waals surface area contributed by atoms with Gasteiger partial charge in [-0.15, -0.1) is 0 Å². The maximum atomic E-state index is 8.66. The van der Waals surface area contributed by atoms with Gasteiger partial charge < -0.3 is 10.4 Å². The van der Waals surface area contributed by atoms with E-state index in [4.69, 9.17) is 5.11 Å². The van der Waals surface area contributed by atoms with Crippen LogP contribution in [-0.2, 0) is 0 Å². The summed E-state index contributed by atoms with van der Waals surface area (Å²) in [6.07, 6.45) is 0. The Bertz CT molecular complexity index is 73.7. The van der Waals surface area contributed by atoms with Crippen molar-refractivity contribution in [2.45, 2.75) is 20.8 Å². The minimum absolute atomic E-state index is 0.283. The molecule has 0 rings (SSSR count). The number of nitrogens with one attached hydrogen (secondary N) is 1. The molecule has 0 heterocycles. The molecule has 2 heteroatoms. The molecule has 0 aromatic heterocycles. The molecule has 0 aliphatic rings. The number of aliphatic hydroxyl groups excluding tert-OH is 1. The summed E-state index contributed by atoms with van der Waals surface area (Å²) in [6.45, 7) is 8.64. The van der Waals surface area contributed by atoms with Crippen LogP contribution >= 0.6 is 0 Å². The van der Waals surface area contributed by atoms with Crippen molar-refractivity contribution < 1.29 is 5.11 Å². The van der Waals surface area contributed by atoms with Crippen LogP contribution < -0.4 is 5.32 Å². The van der Waals surface area contributed by atoms with Gasteiger partial charge in [-0.2, -0.15) is 0 Å². The van der Waals surface area contributed by atoms with Gasteiger partial charge in [0.25, 0.3) is 0 Å². The van der Waals surface area contributed by atoms with Crippen molar-refractivity contribution in [3.63, 3.8) is 0 Å². The van der Waals surface area contributed by atoms with Crippen molar-refractivity contribution in [2.24, 2.45) is 11.8 Å². The average molecular weight is 145 g/mol. The Balaban J connectivity index is 3.03. The first kappa shape index (κ1) is 9.92. The molecule has 0 saturated heterocycles. The van der Waals surface area contributed by atoms with Crippen molar-refractivity contribution in [2.75, 3.05) is 19.7 Å². The van der Waals surface area contributed by atoms with Gasteiger partial charge in [0.05, 0.1) is 0 Å². The Morgan fingerprint density at radius 2 is 1.80 bits per heavy atom. The fourth-order valence-electron chi connectivity index (χ4n) is 0.683. The Labute approximate surface area is 63.6 Å². The van der Waals surface area contributed by atoms with Crippen LogP contribution in [0.5, 0.6) is 0 Å². The predicted octanol–water partition coefficient (Wildman–Crippen LogP) is 0.860. The Morgan fingerprint density at radius 1 is 1.20 bits per heavy atom. The van der Waals surface area contributed by atoms with E-state index >= 15 is 0 Å². The fourth-order valence-corrected chi connectivity index (χ4v) is 0.683. The molecule has 0 spiro atoms. The van der Waals surface area contributed by atoms with Gasteiger partial charge in [-0.05, 0) is 24.9 Å². The highest BCUT2D eigenvalue weighted by Gasteiger charge is 1.98. The van der Waals surface area contributed by atoms with E-state index < -0.39 is 0 Å². The smallest absolute Gasteiger partial charge is 0.0468 e. The van der Waals surface area contributed by atoms with E-state index in [1.807, 2.05) is 6.92 Å². The quantitative estimate of drug-likeness (QED) is 0.601. The lowest BCUT2D eigenvalue weighted by molar-refractivity contribution is 0.233. The summed E-state index contributed by atoms with van der Waals surface area (Å²) in [5, 5.41) is 11.9. The predicted molar refractivity (Wildman–Crippen MR) is 44.0 cm³/mol. The molecular weight excluding hydrogens is 126 g/mol. The van der Waals surface area contributed by atoms with E-state index in [1.165, 1.54) is 0 Å². The zero-order chi connectivity index (χ0) is 7.98. The minimum Gasteiger partial charge on any atom is -0.396 e. The summed E-state index contributed by atoms with van der Waals surface area (Å²) < 4.78 is 0. The molecule has 0 amide bonds. The molecule has 0 aliphatic carbocycles. The van der Waals surface area contributed by atoms with Crippen molar-refractivity contribution in [3.05, 3.63) is 0 Å². The standard InChI is InChI=1S/C8H19NO/c1-7(2)4-9-5-8(3)6-10/h7-10H,4-6H2,1-3H3/t8-/m0/s1.